The topological polar surface area (TPSA) is 88.6 Å². The SMILES string of the molecule is COCCCCN1C(=O)C(C)(C(=O)N(C)CC2CCOCC2)Oc2ccc(C(=O)N(C(C)C)C3CCCCC3)cc21. The fourth-order valence-electron chi connectivity index (χ4n) is 6.55. The molecule has 0 bridgehead atoms. The molecule has 0 spiro atoms. The van der Waals surface area contributed by atoms with Crippen LogP contribution >= 0.6 is 0 Å². The monoisotopic (exact) mass is 571 g/mol. The molecule has 0 N–H and O–H groups in total. The Kier molecular flexibility index (Phi) is 10.7. The van der Waals surface area contributed by atoms with Crippen LogP contribution in [-0.4, -0.2) is 92.3 Å². The number of unbranched alkanes of at least 4 members (excludes halogenated alkanes) is 1. The Labute approximate surface area is 245 Å². The summed E-state index contributed by atoms with van der Waals surface area (Å²) in [6, 6.07) is 5.59. The van der Waals surface area contributed by atoms with Gasteiger partial charge in [0.15, 0.2) is 0 Å². The third-order valence-electron chi connectivity index (χ3n) is 8.83. The van der Waals surface area contributed by atoms with E-state index in [9.17, 15) is 14.4 Å². The van der Waals surface area contributed by atoms with E-state index in [1.54, 1.807) is 49.1 Å². The third-order valence-corrected chi connectivity index (χ3v) is 8.83. The fourth-order valence-corrected chi connectivity index (χ4v) is 6.55. The van der Waals surface area contributed by atoms with Gasteiger partial charge in [0.05, 0.1) is 5.69 Å². The van der Waals surface area contributed by atoms with Gasteiger partial charge in [0.25, 0.3) is 23.3 Å². The molecule has 4 rings (SSSR count). The Morgan fingerprint density at radius 1 is 1.10 bits per heavy atom. The van der Waals surface area contributed by atoms with Crippen molar-refractivity contribution < 1.29 is 28.6 Å². The molecule has 3 amide bonds. The molecule has 9 heteroatoms. The van der Waals surface area contributed by atoms with Crippen LogP contribution in [0.2, 0.25) is 0 Å². The molecule has 1 saturated carbocycles. The first-order chi connectivity index (χ1) is 19.7. The Hall–Kier alpha value is -2.65. The number of anilines is 1. The molecule has 228 valence electrons. The van der Waals surface area contributed by atoms with Crippen molar-refractivity contribution in [2.45, 2.75) is 96.2 Å². The second-order valence-electron chi connectivity index (χ2n) is 12.3. The number of carbonyl (C=O) groups excluding carboxylic acids is 3. The maximum Gasteiger partial charge on any atom is 0.280 e. The molecular formula is C32H49N3O6. The standard InChI is InChI=1S/C32H49N3O6/c1-23(2)35(26-11-7-6-8-12-26)29(36)25-13-14-28-27(21-25)34(17-9-10-18-39-5)31(38)32(3,41-28)30(37)33(4)22-24-15-19-40-20-16-24/h13-14,21,23-24,26H,6-12,15-20,22H2,1-5H3. The molecule has 1 unspecified atom stereocenters. The van der Waals surface area contributed by atoms with Gasteiger partial charge in [-0.1, -0.05) is 19.3 Å². The van der Waals surface area contributed by atoms with E-state index in [1.807, 2.05) is 4.90 Å². The number of methoxy groups -OCH3 is 1. The number of nitrogens with zero attached hydrogens (tertiary/aromatic N) is 3. The molecule has 0 aromatic heterocycles. The quantitative estimate of drug-likeness (QED) is 0.284. The molecule has 3 aliphatic rings. The molecule has 1 atom stereocenters. The zero-order valence-corrected chi connectivity index (χ0v) is 25.7. The molecule has 1 aliphatic carbocycles. The lowest BCUT2D eigenvalue weighted by molar-refractivity contribution is -0.155. The lowest BCUT2D eigenvalue weighted by Gasteiger charge is -2.42. The Balaban J connectivity index is 1.62. The van der Waals surface area contributed by atoms with E-state index in [-0.39, 0.29) is 23.9 Å². The number of likely N-dealkylation sites (N-methyl/N-ethyl adjacent to an activating group) is 1. The first-order valence-corrected chi connectivity index (χ1v) is 15.5. The number of ether oxygens (including phenoxy) is 3. The van der Waals surface area contributed by atoms with Gasteiger partial charge in [-0.15, -0.1) is 0 Å². The zero-order valence-electron chi connectivity index (χ0n) is 25.7. The normalized spacial score (nSPS) is 21.9. The van der Waals surface area contributed by atoms with Crippen molar-refractivity contribution in [3.05, 3.63) is 23.8 Å². The predicted molar refractivity (Wildman–Crippen MR) is 158 cm³/mol. The lowest BCUT2D eigenvalue weighted by Crippen LogP contribution is -2.63. The van der Waals surface area contributed by atoms with E-state index in [4.69, 9.17) is 14.2 Å². The summed E-state index contributed by atoms with van der Waals surface area (Å²) < 4.78 is 16.9. The van der Waals surface area contributed by atoms with Crippen LogP contribution < -0.4 is 9.64 Å². The number of hydrogen-bond acceptors (Lipinski definition) is 6. The maximum atomic E-state index is 14.1. The van der Waals surface area contributed by atoms with Gasteiger partial charge in [0.1, 0.15) is 5.75 Å². The van der Waals surface area contributed by atoms with Gasteiger partial charge in [-0.05, 0) is 83.4 Å². The lowest BCUT2D eigenvalue weighted by atomic mass is 9.92. The summed E-state index contributed by atoms with van der Waals surface area (Å²) in [6.07, 6.45) is 8.77. The number of hydrogen-bond donors (Lipinski definition) is 0. The van der Waals surface area contributed by atoms with E-state index in [0.717, 1.165) is 44.9 Å². The first kappa shape index (κ1) is 31.3. The van der Waals surface area contributed by atoms with Crippen LogP contribution in [-0.2, 0) is 19.1 Å². The molecule has 1 aromatic carbocycles. The summed E-state index contributed by atoms with van der Waals surface area (Å²) in [5, 5.41) is 0. The predicted octanol–water partition coefficient (Wildman–Crippen LogP) is 4.67. The minimum absolute atomic E-state index is 0.0258. The highest BCUT2D eigenvalue weighted by Gasteiger charge is 2.52. The largest absolute Gasteiger partial charge is 0.465 e. The van der Waals surface area contributed by atoms with E-state index in [2.05, 4.69) is 13.8 Å². The molecular weight excluding hydrogens is 522 g/mol. The van der Waals surface area contributed by atoms with Gasteiger partial charge in [-0.2, -0.15) is 0 Å². The van der Waals surface area contributed by atoms with Crippen molar-refractivity contribution in [1.82, 2.24) is 9.80 Å². The summed E-state index contributed by atoms with van der Waals surface area (Å²) in [4.78, 5) is 47.0. The molecule has 9 nitrogen and oxygen atoms in total. The van der Waals surface area contributed by atoms with Crippen LogP contribution in [0.4, 0.5) is 5.69 Å². The van der Waals surface area contributed by atoms with Crippen LogP contribution in [0.25, 0.3) is 0 Å². The van der Waals surface area contributed by atoms with Crippen LogP contribution in [0.3, 0.4) is 0 Å². The van der Waals surface area contributed by atoms with Crippen LogP contribution in [0.1, 0.15) is 88.9 Å². The average molecular weight is 572 g/mol. The van der Waals surface area contributed by atoms with E-state index >= 15 is 0 Å². The van der Waals surface area contributed by atoms with E-state index in [0.29, 0.717) is 62.2 Å². The molecule has 1 aromatic rings. The molecule has 1 saturated heterocycles. The summed E-state index contributed by atoms with van der Waals surface area (Å²) >= 11 is 0. The van der Waals surface area contributed by atoms with Crippen LogP contribution in [0, 0.1) is 5.92 Å². The Morgan fingerprint density at radius 3 is 2.46 bits per heavy atom. The minimum atomic E-state index is -1.69. The summed E-state index contributed by atoms with van der Waals surface area (Å²) in [6.45, 7) is 8.62. The van der Waals surface area contributed by atoms with Crippen molar-refractivity contribution in [2.24, 2.45) is 5.92 Å². The smallest absolute Gasteiger partial charge is 0.280 e. The number of amides is 3. The number of carbonyl (C=O) groups is 3. The van der Waals surface area contributed by atoms with Gasteiger partial charge in [-0.25, -0.2) is 0 Å². The summed E-state index contributed by atoms with van der Waals surface area (Å²) in [7, 11) is 3.40. The third kappa shape index (κ3) is 7.05. The molecule has 2 fully saturated rings. The second kappa shape index (κ2) is 14.0. The average Bonchev–Trinajstić information content (AvgIpc) is 2.97. The van der Waals surface area contributed by atoms with Gasteiger partial charge >= 0.3 is 0 Å². The first-order valence-electron chi connectivity index (χ1n) is 15.5. The fraction of sp³-hybridized carbons (Fsp3) is 0.719. The Morgan fingerprint density at radius 2 is 1.80 bits per heavy atom. The maximum absolute atomic E-state index is 14.1. The molecule has 41 heavy (non-hydrogen) atoms. The van der Waals surface area contributed by atoms with Gasteiger partial charge in [-0.3, -0.25) is 14.4 Å². The van der Waals surface area contributed by atoms with Crippen LogP contribution in [0.5, 0.6) is 5.75 Å². The van der Waals surface area contributed by atoms with Crippen molar-refractivity contribution in [1.29, 1.82) is 0 Å². The van der Waals surface area contributed by atoms with Gasteiger partial charge in [0.2, 0.25) is 0 Å². The molecule has 2 aliphatic heterocycles. The van der Waals surface area contributed by atoms with E-state index < -0.39 is 11.5 Å². The number of benzene rings is 1. The van der Waals surface area contributed by atoms with Crippen molar-refractivity contribution in [2.75, 3.05) is 52.0 Å². The number of rotatable bonds is 11. The highest BCUT2D eigenvalue weighted by molar-refractivity contribution is 6.16. The second-order valence-corrected chi connectivity index (χ2v) is 12.3. The molecule has 2 heterocycles. The minimum Gasteiger partial charge on any atom is -0.465 e. The zero-order chi connectivity index (χ0) is 29.6. The highest BCUT2D eigenvalue weighted by atomic mass is 16.5. The highest BCUT2D eigenvalue weighted by Crippen LogP contribution is 2.40. The van der Waals surface area contributed by atoms with Crippen molar-refractivity contribution in [3.8, 4) is 5.75 Å². The summed E-state index contributed by atoms with van der Waals surface area (Å²) in [5.74, 6) is -0.00747. The van der Waals surface area contributed by atoms with Crippen LogP contribution in [0.15, 0.2) is 18.2 Å². The van der Waals surface area contributed by atoms with Crippen molar-refractivity contribution >= 4 is 23.4 Å². The van der Waals surface area contributed by atoms with E-state index in [1.165, 1.54) is 6.42 Å². The summed E-state index contributed by atoms with van der Waals surface area (Å²) in [5.41, 5.74) is -0.609. The Bertz CT molecular complexity index is 1070. The molecule has 0 radical (unpaired) electrons. The van der Waals surface area contributed by atoms with Gasteiger partial charge in [0, 0.05) is 64.7 Å². The number of fused-ring (bicyclic) bond motifs is 1. The van der Waals surface area contributed by atoms with Crippen molar-refractivity contribution in [3.63, 3.8) is 0 Å². The van der Waals surface area contributed by atoms with Gasteiger partial charge < -0.3 is 28.9 Å².